The van der Waals surface area contributed by atoms with Crippen LogP contribution in [0, 0.1) is 0 Å². The molecule has 0 fully saturated rings. The van der Waals surface area contributed by atoms with Crippen molar-refractivity contribution in [3.63, 3.8) is 0 Å². The number of rotatable bonds is 7. The molecule has 0 aliphatic heterocycles. The van der Waals surface area contributed by atoms with Gasteiger partial charge in [-0.3, -0.25) is 0 Å². The summed E-state index contributed by atoms with van der Waals surface area (Å²) in [6.07, 6.45) is -0.205. The zero-order valence-corrected chi connectivity index (χ0v) is 7.69. The molecule has 0 aromatic rings. The first-order valence-corrected chi connectivity index (χ1v) is 4.23. The van der Waals surface area contributed by atoms with Crippen LogP contribution < -0.4 is 0 Å². The topological polar surface area (TPSA) is 58.9 Å². The summed E-state index contributed by atoms with van der Waals surface area (Å²) in [5.41, 5.74) is 0. The summed E-state index contributed by atoms with van der Waals surface area (Å²) in [5, 5.41) is 17.4. The smallest absolute Gasteiger partial charge is 0.155 e. The Hall–Kier alpha value is -0.160. The lowest BCUT2D eigenvalue weighted by molar-refractivity contribution is -0.168. The molecule has 0 unspecified atom stereocenters. The molecule has 0 saturated carbocycles. The Kier molecular flexibility index (Phi) is 7.39. The van der Waals surface area contributed by atoms with E-state index in [0.717, 1.165) is 0 Å². The maximum atomic E-state index is 8.78. The molecule has 0 aliphatic carbocycles. The van der Waals surface area contributed by atoms with E-state index in [4.69, 9.17) is 19.7 Å². The normalized spacial score (nSPS) is 16.0. The van der Waals surface area contributed by atoms with E-state index in [-0.39, 0.29) is 25.6 Å². The fourth-order valence-electron chi connectivity index (χ4n) is 0.891. The molecule has 0 heterocycles. The van der Waals surface area contributed by atoms with Crippen LogP contribution in [0.4, 0.5) is 0 Å². The number of aliphatic hydroxyl groups is 2. The van der Waals surface area contributed by atoms with E-state index < -0.39 is 0 Å². The third kappa shape index (κ3) is 5.49. The monoisotopic (exact) mass is 178 g/mol. The predicted octanol–water partition coefficient (Wildman–Crippen LogP) is 0.129. The minimum Gasteiger partial charge on any atom is -0.396 e. The molecule has 4 nitrogen and oxygen atoms in total. The van der Waals surface area contributed by atoms with E-state index in [9.17, 15) is 0 Å². The van der Waals surface area contributed by atoms with Gasteiger partial charge in [0.05, 0.1) is 12.7 Å². The van der Waals surface area contributed by atoms with Crippen LogP contribution in [0.3, 0.4) is 0 Å². The third-order valence-corrected chi connectivity index (χ3v) is 1.44. The Labute approximate surface area is 73.1 Å². The van der Waals surface area contributed by atoms with Crippen LogP contribution in [0.1, 0.15) is 20.3 Å². The Morgan fingerprint density at radius 1 is 1.33 bits per heavy atom. The molecular weight excluding hydrogens is 160 g/mol. The summed E-state index contributed by atoms with van der Waals surface area (Å²) < 4.78 is 10.4. The molecule has 0 radical (unpaired) electrons. The van der Waals surface area contributed by atoms with Crippen LogP contribution in [-0.4, -0.2) is 42.4 Å². The number of ether oxygens (including phenoxy) is 2. The average molecular weight is 178 g/mol. The van der Waals surface area contributed by atoms with E-state index in [1.165, 1.54) is 0 Å². The second-order valence-corrected chi connectivity index (χ2v) is 2.48. The van der Waals surface area contributed by atoms with Crippen molar-refractivity contribution in [1.29, 1.82) is 0 Å². The lowest BCUT2D eigenvalue weighted by Crippen LogP contribution is -2.26. The van der Waals surface area contributed by atoms with Crippen molar-refractivity contribution in [2.75, 3.05) is 19.8 Å². The standard InChI is InChI=1S/C8H18O4/c1-3-11-7(2)12-8(6-10)4-5-9/h7-10H,3-6H2,1-2H3/t7-,8-/m0/s1. The van der Waals surface area contributed by atoms with Crippen LogP contribution in [0.25, 0.3) is 0 Å². The van der Waals surface area contributed by atoms with Crippen molar-refractivity contribution < 1.29 is 19.7 Å². The third-order valence-electron chi connectivity index (χ3n) is 1.44. The molecular formula is C8H18O4. The Morgan fingerprint density at radius 3 is 2.42 bits per heavy atom. The minimum atomic E-state index is -0.323. The van der Waals surface area contributed by atoms with Crippen molar-refractivity contribution >= 4 is 0 Å². The Bertz CT molecular complexity index is 97.1. The van der Waals surface area contributed by atoms with Gasteiger partial charge in [-0.05, 0) is 20.3 Å². The van der Waals surface area contributed by atoms with E-state index >= 15 is 0 Å². The van der Waals surface area contributed by atoms with E-state index in [1.54, 1.807) is 6.92 Å². The zero-order valence-electron chi connectivity index (χ0n) is 7.69. The number of hydrogen-bond acceptors (Lipinski definition) is 4. The summed E-state index contributed by atoms with van der Waals surface area (Å²) in [4.78, 5) is 0. The summed E-state index contributed by atoms with van der Waals surface area (Å²) in [6, 6.07) is 0. The van der Waals surface area contributed by atoms with Crippen molar-refractivity contribution in [2.24, 2.45) is 0 Å². The van der Waals surface area contributed by atoms with Gasteiger partial charge in [-0.15, -0.1) is 0 Å². The van der Waals surface area contributed by atoms with Gasteiger partial charge in [0.15, 0.2) is 6.29 Å². The van der Waals surface area contributed by atoms with Gasteiger partial charge in [0, 0.05) is 13.2 Å². The highest BCUT2D eigenvalue weighted by Gasteiger charge is 2.11. The maximum Gasteiger partial charge on any atom is 0.155 e. The van der Waals surface area contributed by atoms with Gasteiger partial charge in [0.2, 0.25) is 0 Å². The van der Waals surface area contributed by atoms with E-state index in [0.29, 0.717) is 13.0 Å². The Balaban J connectivity index is 3.53. The van der Waals surface area contributed by atoms with Crippen molar-refractivity contribution in [3.8, 4) is 0 Å². The zero-order chi connectivity index (χ0) is 9.40. The molecule has 2 N–H and O–H groups in total. The van der Waals surface area contributed by atoms with Gasteiger partial charge >= 0.3 is 0 Å². The highest BCUT2D eigenvalue weighted by molar-refractivity contribution is 4.54. The molecule has 0 spiro atoms. The first-order valence-electron chi connectivity index (χ1n) is 4.23. The first kappa shape index (κ1) is 11.8. The highest BCUT2D eigenvalue weighted by atomic mass is 16.7. The molecule has 12 heavy (non-hydrogen) atoms. The van der Waals surface area contributed by atoms with Crippen LogP contribution >= 0.6 is 0 Å². The predicted molar refractivity (Wildman–Crippen MR) is 44.7 cm³/mol. The lowest BCUT2D eigenvalue weighted by atomic mass is 10.3. The molecule has 0 aromatic heterocycles. The number of aliphatic hydroxyl groups excluding tert-OH is 2. The van der Waals surface area contributed by atoms with Gasteiger partial charge in [0.25, 0.3) is 0 Å². The average Bonchev–Trinajstić information content (AvgIpc) is 2.04. The minimum absolute atomic E-state index is 0.0179. The van der Waals surface area contributed by atoms with Gasteiger partial charge in [0.1, 0.15) is 0 Å². The van der Waals surface area contributed by atoms with Gasteiger partial charge in [-0.2, -0.15) is 0 Å². The molecule has 0 saturated heterocycles. The molecule has 0 aromatic carbocycles. The fourth-order valence-corrected chi connectivity index (χ4v) is 0.891. The molecule has 0 bridgehead atoms. The molecule has 74 valence electrons. The summed E-state index contributed by atoms with van der Waals surface area (Å²) in [7, 11) is 0. The maximum absolute atomic E-state index is 8.78. The van der Waals surface area contributed by atoms with Crippen LogP contribution in [0.15, 0.2) is 0 Å². The second kappa shape index (κ2) is 7.49. The highest BCUT2D eigenvalue weighted by Crippen LogP contribution is 2.02. The summed E-state index contributed by atoms with van der Waals surface area (Å²) in [5.74, 6) is 0. The Morgan fingerprint density at radius 2 is 2.00 bits per heavy atom. The summed E-state index contributed by atoms with van der Waals surface area (Å²) in [6.45, 7) is 4.16. The van der Waals surface area contributed by atoms with Crippen LogP contribution in [-0.2, 0) is 9.47 Å². The van der Waals surface area contributed by atoms with Crippen molar-refractivity contribution in [2.45, 2.75) is 32.7 Å². The van der Waals surface area contributed by atoms with Crippen molar-refractivity contribution in [1.82, 2.24) is 0 Å². The van der Waals surface area contributed by atoms with Gasteiger partial charge in [-0.25, -0.2) is 0 Å². The van der Waals surface area contributed by atoms with Crippen molar-refractivity contribution in [3.05, 3.63) is 0 Å². The molecule has 2 atom stereocenters. The van der Waals surface area contributed by atoms with Crippen LogP contribution in [0.2, 0.25) is 0 Å². The molecule has 0 rings (SSSR count). The second-order valence-electron chi connectivity index (χ2n) is 2.48. The van der Waals surface area contributed by atoms with Crippen LogP contribution in [0.5, 0.6) is 0 Å². The molecule has 0 aliphatic rings. The van der Waals surface area contributed by atoms with Gasteiger partial charge < -0.3 is 19.7 Å². The van der Waals surface area contributed by atoms with Gasteiger partial charge in [-0.1, -0.05) is 0 Å². The quantitative estimate of drug-likeness (QED) is 0.544. The molecule has 0 amide bonds. The largest absolute Gasteiger partial charge is 0.396 e. The van der Waals surface area contributed by atoms with E-state index in [2.05, 4.69) is 0 Å². The molecule has 4 heteroatoms. The van der Waals surface area contributed by atoms with E-state index in [1.807, 2.05) is 6.92 Å². The number of hydrogen-bond donors (Lipinski definition) is 2. The first-order chi connectivity index (χ1) is 5.74. The summed E-state index contributed by atoms with van der Waals surface area (Å²) >= 11 is 0. The fraction of sp³-hybridized carbons (Fsp3) is 1.00. The lowest BCUT2D eigenvalue weighted by Gasteiger charge is -2.19. The SMILES string of the molecule is CCO[C@H](C)O[C@H](CO)CCO.